The van der Waals surface area contributed by atoms with Gasteiger partial charge in [0.05, 0.1) is 0 Å². The molecule has 1 aromatic carbocycles. The highest BCUT2D eigenvalue weighted by molar-refractivity contribution is 9.10. The fourth-order valence-electron chi connectivity index (χ4n) is 2.52. The standard InChI is InChI=1S/C14H20BrFN2/c1-18(9-10-3-2-4-10)14(8-17)12-7-11(16)5-6-13(12)15/h5-7,10,14H,2-4,8-9,17H2,1H3. The van der Waals surface area contributed by atoms with Gasteiger partial charge in [-0.05, 0) is 49.6 Å². The van der Waals surface area contributed by atoms with Crippen LogP contribution >= 0.6 is 15.9 Å². The molecule has 0 radical (unpaired) electrons. The first kappa shape index (κ1) is 14.0. The number of rotatable bonds is 5. The van der Waals surface area contributed by atoms with Gasteiger partial charge in [0.2, 0.25) is 0 Å². The van der Waals surface area contributed by atoms with Crippen LogP contribution in [0.5, 0.6) is 0 Å². The fraction of sp³-hybridized carbons (Fsp3) is 0.571. The zero-order chi connectivity index (χ0) is 13.1. The molecule has 0 heterocycles. The summed E-state index contributed by atoms with van der Waals surface area (Å²) >= 11 is 3.49. The highest BCUT2D eigenvalue weighted by Gasteiger charge is 2.24. The summed E-state index contributed by atoms with van der Waals surface area (Å²) in [5.41, 5.74) is 6.82. The van der Waals surface area contributed by atoms with Gasteiger partial charge in [0.15, 0.2) is 0 Å². The van der Waals surface area contributed by atoms with Crippen LogP contribution in [0.2, 0.25) is 0 Å². The van der Waals surface area contributed by atoms with Gasteiger partial charge in [0.25, 0.3) is 0 Å². The lowest BCUT2D eigenvalue weighted by Crippen LogP contribution is -2.36. The number of nitrogens with zero attached hydrogens (tertiary/aromatic N) is 1. The van der Waals surface area contributed by atoms with Crippen molar-refractivity contribution < 1.29 is 4.39 Å². The van der Waals surface area contributed by atoms with Gasteiger partial charge < -0.3 is 5.73 Å². The molecule has 1 aliphatic rings. The number of likely N-dealkylation sites (N-methyl/N-ethyl adjacent to an activating group) is 1. The lowest BCUT2D eigenvalue weighted by atomic mass is 9.85. The van der Waals surface area contributed by atoms with Crippen molar-refractivity contribution >= 4 is 15.9 Å². The third-order valence-corrected chi connectivity index (χ3v) is 4.57. The van der Waals surface area contributed by atoms with E-state index in [4.69, 9.17) is 5.73 Å². The van der Waals surface area contributed by atoms with Gasteiger partial charge in [0.1, 0.15) is 5.82 Å². The van der Waals surface area contributed by atoms with Crippen LogP contribution < -0.4 is 5.73 Å². The Kier molecular flexibility index (Phi) is 4.76. The molecule has 2 nitrogen and oxygen atoms in total. The zero-order valence-corrected chi connectivity index (χ0v) is 12.3. The van der Waals surface area contributed by atoms with Gasteiger partial charge >= 0.3 is 0 Å². The minimum Gasteiger partial charge on any atom is -0.329 e. The molecule has 1 aromatic rings. The molecule has 18 heavy (non-hydrogen) atoms. The van der Waals surface area contributed by atoms with Gasteiger partial charge in [0, 0.05) is 23.6 Å². The molecule has 0 spiro atoms. The molecule has 2 rings (SSSR count). The fourth-order valence-corrected chi connectivity index (χ4v) is 3.04. The number of hydrogen-bond acceptors (Lipinski definition) is 2. The molecule has 0 aromatic heterocycles. The zero-order valence-electron chi connectivity index (χ0n) is 10.7. The van der Waals surface area contributed by atoms with E-state index < -0.39 is 0 Å². The molecule has 1 unspecified atom stereocenters. The molecule has 1 fully saturated rings. The van der Waals surface area contributed by atoms with Crippen molar-refractivity contribution in [3.05, 3.63) is 34.1 Å². The van der Waals surface area contributed by atoms with E-state index in [1.807, 2.05) is 0 Å². The summed E-state index contributed by atoms with van der Waals surface area (Å²) in [5, 5.41) is 0. The molecule has 1 aliphatic carbocycles. The van der Waals surface area contributed by atoms with Crippen LogP contribution in [0.4, 0.5) is 4.39 Å². The van der Waals surface area contributed by atoms with E-state index in [1.54, 1.807) is 12.1 Å². The second kappa shape index (κ2) is 6.13. The van der Waals surface area contributed by atoms with E-state index >= 15 is 0 Å². The molecule has 1 atom stereocenters. The number of halogens is 2. The van der Waals surface area contributed by atoms with E-state index in [0.29, 0.717) is 6.54 Å². The van der Waals surface area contributed by atoms with Crippen molar-refractivity contribution in [3.8, 4) is 0 Å². The van der Waals surface area contributed by atoms with Crippen molar-refractivity contribution in [1.82, 2.24) is 4.90 Å². The minimum absolute atomic E-state index is 0.0793. The Morgan fingerprint density at radius 1 is 1.50 bits per heavy atom. The summed E-state index contributed by atoms with van der Waals surface area (Å²) in [7, 11) is 2.08. The first-order chi connectivity index (χ1) is 8.61. The first-order valence-electron chi connectivity index (χ1n) is 6.47. The van der Waals surface area contributed by atoms with Gasteiger partial charge in [-0.25, -0.2) is 4.39 Å². The summed E-state index contributed by atoms with van der Waals surface area (Å²) in [6.45, 7) is 1.55. The quantitative estimate of drug-likeness (QED) is 0.903. The second-order valence-electron chi connectivity index (χ2n) is 5.15. The number of hydrogen-bond donors (Lipinski definition) is 1. The second-order valence-corrected chi connectivity index (χ2v) is 6.01. The minimum atomic E-state index is -0.205. The van der Waals surface area contributed by atoms with Crippen LogP contribution in [0.15, 0.2) is 22.7 Å². The lowest BCUT2D eigenvalue weighted by molar-refractivity contribution is 0.164. The van der Waals surface area contributed by atoms with E-state index in [1.165, 1.54) is 25.3 Å². The van der Waals surface area contributed by atoms with Crippen LogP contribution in [0.25, 0.3) is 0 Å². The molecule has 1 saturated carbocycles. The Hall–Kier alpha value is -0.450. The largest absolute Gasteiger partial charge is 0.329 e. The number of benzene rings is 1. The van der Waals surface area contributed by atoms with Crippen LogP contribution in [0.3, 0.4) is 0 Å². The Morgan fingerprint density at radius 2 is 2.22 bits per heavy atom. The molecular formula is C14H20BrFN2. The highest BCUT2D eigenvalue weighted by Crippen LogP contribution is 2.32. The molecule has 0 bridgehead atoms. The summed E-state index contributed by atoms with van der Waals surface area (Å²) in [5.74, 6) is 0.583. The van der Waals surface area contributed by atoms with Crippen LogP contribution in [-0.4, -0.2) is 25.0 Å². The highest BCUT2D eigenvalue weighted by atomic mass is 79.9. The monoisotopic (exact) mass is 314 g/mol. The summed E-state index contributed by atoms with van der Waals surface area (Å²) in [6.07, 6.45) is 3.97. The van der Waals surface area contributed by atoms with Crippen molar-refractivity contribution in [3.63, 3.8) is 0 Å². The molecule has 100 valence electrons. The molecule has 4 heteroatoms. The molecule has 0 aliphatic heterocycles. The smallest absolute Gasteiger partial charge is 0.123 e. The Morgan fingerprint density at radius 3 is 2.78 bits per heavy atom. The molecule has 0 amide bonds. The van der Waals surface area contributed by atoms with Crippen LogP contribution in [-0.2, 0) is 0 Å². The van der Waals surface area contributed by atoms with Crippen LogP contribution in [0.1, 0.15) is 30.9 Å². The van der Waals surface area contributed by atoms with Crippen LogP contribution in [0, 0.1) is 11.7 Å². The average Bonchev–Trinajstić information content (AvgIpc) is 2.29. The van der Waals surface area contributed by atoms with E-state index in [9.17, 15) is 4.39 Å². The maximum atomic E-state index is 13.4. The maximum Gasteiger partial charge on any atom is 0.123 e. The van der Waals surface area contributed by atoms with E-state index in [2.05, 4.69) is 27.9 Å². The van der Waals surface area contributed by atoms with Crippen molar-refractivity contribution in [2.75, 3.05) is 20.1 Å². The Bertz CT molecular complexity index is 407. The maximum absolute atomic E-state index is 13.4. The topological polar surface area (TPSA) is 29.3 Å². The lowest BCUT2D eigenvalue weighted by Gasteiger charge is -2.35. The summed E-state index contributed by atoms with van der Waals surface area (Å²) in [4.78, 5) is 2.25. The third-order valence-electron chi connectivity index (χ3n) is 3.84. The summed E-state index contributed by atoms with van der Waals surface area (Å²) < 4.78 is 14.3. The van der Waals surface area contributed by atoms with Gasteiger partial charge in [-0.1, -0.05) is 22.4 Å². The predicted octanol–water partition coefficient (Wildman–Crippen LogP) is 3.32. The average molecular weight is 315 g/mol. The van der Waals surface area contributed by atoms with Gasteiger partial charge in [-0.2, -0.15) is 0 Å². The third kappa shape index (κ3) is 3.11. The Labute approximate surface area is 116 Å². The summed E-state index contributed by atoms with van der Waals surface area (Å²) in [6, 6.07) is 4.88. The van der Waals surface area contributed by atoms with E-state index in [0.717, 1.165) is 22.5 Å². The number of nitrogens with two attached hydrogens (primary N) is 1. The van der Waals surface area contributed by atoms with Crippen molar-refractivity contribution in [1.29, 1.82) is 0 Å². The van der Waals surface area contributed by atoms with Crippen molar-refractivity contribution in [2.24, 2.45) is 11.7 Å². The predicted molar refractivity (Wildman–Crippen MR) is 75.9 cm³/mol. The first-order valence-corrected chi connectivity index (χ1v) is 7.26. The van der Waals surface area contributed by atoms with Gasteiger partial charge in [-0.15, -0.1) is 0 Å². The molecule has 0 saturated heterocycles. The molecule has 2 N–H and O–H groups in total. The normalized spacial score (nSPS) is 17.8. The molecular weight excluding hydrogens is 295 g/mol. The SMILES string of the molecule is CN(CC1CCC1)C(CN)c1cc(F)ccc1Br. The van der Waals surface area contributed by atoms with E-state index in [-0.39, 0.29) is 11.9 Å². The van der Waals surface area contributed by atoms with Crippen molar-refractivity contribution in [2.45, 2.75) is 25.3 Å². The Balaban J connectivity index is 2.12. The van der Waals surface area contributed by atoms with Gasteiger partial charge in [-0.3, -0.25) is 4.90 Å².